The van der Waals surface area contributed by atoms with Crippen LogP contribution < -0.4 is 19.7 Å². The van der Waals surface area contributed by atoms with Crippen LogP contribution in [0.4, 0.5) is 24.7 Å². The van der Waals surface area contributed by atoms with E-state index in [0.717, 1.165) is 10.4 Å². The normalized spacial score (nSPS) is 19.7. The minimum Gasteiger partial charge on any atom is -0.493 e. The smallest absolute Gasteiger partial charge is 0.410 e. The fourth-order valence-corrected chi connectivity index (χ4v) is 4.98. The summed E-state index contributed by atoms with van der Waals surface area (Å²) in [5, 5.41) is 7.16. The van der Waals surface area contributed by atoms with E-state index in [2.05, 4.69) is 15.3 Å². The molecule has 1 saturated heterocycles. The Bertz CT molecular complexity index is 1260. The predicted octanol–water partition coefficient (Wildman–Crippen LogP) is 4.52. The molecule has 196 valence electrons. The maximum atomic E-state index is 14.1. The second-order valence-electron chi connectivity index (χ2n) is 9.07. The van der Waals surface area contributed by atoms with Gasteiger partial charge in [-0.05, 0) is 29.8 Å². The zero-order chi connectivity index (χ0) is 26.2. The van der Waals surface area contributed by atoms with E-state index in [1.54, 1.807) is 23.1 Å². The van der Waals surface area contributed by atoms with Gasteiger partial charge in [0.2, 0.25) is 0 Å². The summed E-state index contributed by atoms with van der Waals surface area (Å²) in [5.41, 5.74) is 1.80. The molecule has 2 atom stereocenters. The largest absolute Gasteiger partial charge is 0.493 e. The maximum absolute atomic E-state index is 14.1. The zero-order valence-electron chi connectivity index (χ0n) is 20.5. The SMILES string of the molecule is COc1ccc([C@@H]2C[C@H](C(F)(F)F)n3ncc(C(=O)N4CCN(c5ccccc5)CC4)c3N2)cc1OC. The average Bonchev–Trinajstić information content (AvgIpc) is 3.35. The fraction of sp³-hybridized carbons (Fsp3) is 0.385. The number of hydrogen-bond acceptors (Lipinski definition) is 6. The average molecular weight is 516 g/mol. The first-order chi connectivity index (χ1) is 17.8. The number of carbonyl (C=O) groups excluding carboxylic acids is 1. The number of piperazine rings is 1. The Kier molecular flexibility index (Phi) is 6.61. The van der Waals surface area contributed by atoms with Gasteiger partial charge >= 0.3 is 6.18 Å². The fourth-order valence-electron chi connectivity index (χ4n) is 4.98. The number of benzene rings is 2. The molecular formula is C26H28F3N5O3. The van der Waals surface area contributed by atoms with Gasteiger partial charge in [-0.2, -0.15) is 18.3 Å². The third-order valence-electron chi connectivity index (χ3n) is 6.97. The van der Waals surface area contributed by atoms with Gasteiger partial charge in [-0.1, -0.05) is 24.3 Å². The molecule has 8 nitrogen and oxygen atoms in total. The lowest BCUT2D eigenvalue weighted by atomic mass is 9.96. The number of aromatic nitrogens is 2. The van der Waals surface area contributed by atoms with Crippen molar-refractivity contribution >= 4 is 17.4 Å². The van der Waals surface area contributed by atoms with Gasteiger partial charge in [-0.3, -0.25) is 4.79 Å². The van der Waals surface area contributed by atoms with Crippen LogP contribution in [-0.2, 0) is 0 Å². The zero-order valence-corrected chi connectivity index (χ0v) is 20.5. The Labute approximate surface area is 212 Å². The molecule has 0 unspecified atom stereocenters. The number of ether oxygens (including phenoxy) is 2. The molecule has 2 aliphatic heterocycles. The van der Waals surface area contributed by atoms with Crippen LogP contribution in [0.2, 0.25) is 0 Å². The number of halogens is 3. The second kappa shape index (κ2) is 9.87. The predicted molar refractivity (Wildman–Crippen MR) is 132 cm³/mol. The molecular weight excluding hydrogens is 487 g/mol. The number of para-hydroxylation sites is 1. The van der Waals surface area contributed by atoms with Crippen LogP contribution in [-0.4, -0.2) is 67.2 Å². The van der Waals surface area contributed by atoms with Crippen LogP contribution in [0.15, 0.2) is 54.7 Å². The molecule has 1 fully saturated rings. The summed E-state index contributed by atoms with van der Waals surface area (Å²) in [4.78, 5) is 17.3. The Morgan fingerprint density at radius 2 is 1.70 bits per heavy atom. The van der Waals surface area contributed by atoms with E-state index in [1.807, 2.05) is 30.3 Å². The Morgan fingerprint density at radius 1 is 1.00 bits per heavy atom. The molecule has 0 aliphatic carbocycles. The highest BCUT2D eigenvalue weighted by atomic mass is 19.4. The monoisotopic (exact) mass is 515 g/mol. The second-order valence-corrected chi connectivity index (χ2v) is 9.07. The van der Waals surface area contributed by atoms with Crippen molar-refractivity contribution in [2.75, 3.05) is 50.6 Å². The van der Waals surface area contributed by atoms with E-state index < -0.39 is 18.3 Å². The van der Waals surface area contributed by atoms with Gasteiger partial charge in [0.1, 0.15) is 11.4 Å². The first-order valence-electron chi connectivity index (χ1n) is 12.0. The standard InChI is InChI=1S/C26H28F3N5O3/c1-36-21-9-8-17(14-22(21)37-2)20-15-23(26(27,28)29)34-24(31-20)19(16-30-34)25(35)33-12-10-32(11-13-33)18-6-4-3-5-7-18/h3-9,14,16,20,23,31H,10-13,15H2,1-2H3/t20-,23+/m0/s1. The van der Waals surface area contributed by atoms with Gasteiger partial charge in [-0.15, -0.1) is 0 Å². The van der Waals surface area contributed by atoms with Crippen molar-refractivity contribution in [1.82, 2.24) is 14.7 Å². The Morgan fingerprint density at radius 3 is 2.35 bits per heavy atom. The third-order valence-corrected chi connectivity index (χ3v) is 6.97. The lowest BCUT2D eigenvalue weighted by molar-refractivity contribution is -0.173. The number of alkyl halides is 3. The first kappa shape index (κ1) is 24.8. The summed E-state index contributed by atoms with van der Waals surface area (Å²) < 4.78 is 53.8. The van der Waals surface area contributed by atoms with E-state index >= 15 is 0 Å². The summed E-state index contributed by atoms with van der Waals surface area (Å²) in [6.45, 7) is 2.18. The maximum Gasteiger partial charge on any atom is 0.410 e. The summed E-state index contributed by atoms with van der Waals surface area (Å²) in [5.74, 6) is 0.626. The number of carbonyl (C=O) groups is 1. The third kappa shape index (κ3) is 4.77. The molecule has 1 aromatic heterocycles. The van der Waals surface area contributed by atoms with E-state index in [4.69, 9.17) is 9.47 Å². The molecule has 2 aliphatic rings. The van der Waals surface area contributed by atoms with Crippen molar-refractivity contribution in [3.8, 4) is 11.5 Å². The lowest BCUT2D eigenvalue weighted by Crippen LogP contribution is -2.49. The molecule has 0 radical (unpaired) electrons. The van der Waals surface area contributed by atoms with E-state index in [-0.39, 0.29) is 23.7 Å². The van der Waals surface area contributed by atoms with Crippen molar-refractivity contribution in [2.45, 2.75) is 24.7 Å². The highest BCUT2D eigenvalue weighted by molar-refractivity contribution is 5.99. The summed E-state index contributed by atoms with van der Waals surface area (Å²) in [6, 6.07) is 12.3. The highest BCUT2D eigenvalue weighted by Crippen LogP contribution is 2.45. The molecule has 5 rings (SSSR count). The lowest BCUT2D eigenvalue weighted by Gasteiger charge is -2.37. The number of methoxy groups -OCH3 is 2. The van der Waals surface area contributed by atoms with Crippen molar-refractivity contribution in [2.24, 2.45) is 0 Å². The number of amides is 1. The summed E-state index contributed by atoms with van der Waals surface area (Å²) >= 11 is 0. The van der Waals surface area contributed by atoms with Crippen molar-refractivity contribution in [3.63, 3.8) is 0 Å². The van der Waals surface area contributed by atoms with E-state index in [1.165, 1.54) is 20.4 Å². The number of nitrogens with one attached hydrogen (secondary N) is 1. The molecule has 2 aromatic carbocycles. The molecule has 1 N–H and O–H groups in total. The number of anilines is 2. The molecule has 1 amide bonds. The van der Waals surface area contributed by atoms with Crippen LogP contribution in [0.3, 0.4) is 0 Å². The molecule has 3 aromatic rings. The minimum atomic E-state index is -4.54. The summed E-state index contributed by atoms with van der Waals surface area (Å²) in [7, 11) is 2.96. The van der Waals surface area contributed by atoms with Gasteiger partial charge in [0.25, 0.3) is 5.91 Å². The molecule has 37 heavy (non-hydrogen) atoms. The van der Waals surface area contributed by atoms with Gasteiger partial charge in [0.15, 0.2) is 17.5 Å². The number of fused-ring (bicyclic) bond motifs is 1. The van der Waals surface area contributed by atoms with E-state index in [9.17, 15) is 18.0 Å². The Balaban J connectivity index is 1.40. The van der Waals surface area contributed by atoms with Crippen molar-refractivity contribution in [3.05, 3.63) is 65.9 Å². The molecule has 11 heteroatoms. The van der Waals surface area contributed by atoms with Crippen LogP contribution >= 0.6 is 0 Å². The van der Waals surface area contributed by atoms with Gasteiger partial charge in [0.05, 0.1) is 26.5 Å². The molecule has 0 saturated carbocycles. The molecule has 3 heterocycles. The first-order valence-corrected chi connectivity index (χ1v) is 12.0. The summed E-state index contributed by atoms with van der Waals surface area (Å²) in [6.07, 6.45) is -3.58. The van der Waals surface area contributed by atoms with Crippen LogP contribution in [0, 0.1) is 0 Å². The molecule has 0 spiro atoms. The van der Waals surface area contributed by atoms with Crippen LogP contribution in [0.1, 0.15) is 34.4 Å². The van der Waals surface area contributed by atoms with Crippen molar-refractivity contribution < 1.29 is 27.4 Å². The van der Waals surface area contributed by atoms with Crippen LogP contribution in [0.5, 0.6) is 11.5 Å². The minimum absolute atomic E-state index is 0.0730. The van der Waals surface area contributed by atoms with Gasteiger partial charge in [0, 0.05) is 38.3 Å². The number of rotatable bonds is 5. The number of hydrogen-bond donors (Lipinski definition) is 1. The number of nitrogens with zero attached hydrogens (tertiary/aromatic N) is 4. The van der Waals surface area contributed by atoms with Crippen LogP contribution in [0.25, 0.3) is 0 Å². The van der Waals surface area contributed by atoms with E-state index in [0.29, 0.717) is 43.2 Å². The van der Waals surface area contributed by atoms with Gasteiger partial charge in [-0.25, -0.2) is 4.68 Å². The molecule has 0 bridgehead atoms. The quantitative estimate of drug-likeness (QED) is 0.539. The van der Waals surface area contributed by atoms with Crippen molar-refractivity contribution in [1.29, 1.82) is 0 Å². The highest BCUT2D eigenvalue weighted by Gasteiger charge is 2.47. The van der Waals surface area contributed by atoms with Gasteiger partial charge < -0.3 is 24.6 Å². The topological polar surface area (TPSA) is 71.9 Å². The Hall–Kier alpha value is -3.89.